The molecule has 4 aromatic rings. The number of rotatable bonds is 5. The smallest absolute Gasteiger partial charge is 0.257 e. The molecule has 0 aliphatic heterocycles. The lowest BCUT2D eigenvalue weighted by Gasteiger charge is -2.06. The molecule has 3 heterocycles. The summed E-state index contributed by atoms with van der Waals surface area (Å²) in [6.07, 6.45) is 3.23. The van der Waals surface area contributed by atoms with Crippen LogP contribution in [0.4, 0.5) is 5.13 Å². The van der Waals surface area contributed by atoms with Crippen LogP contribution in [-0.4, -0.2) is 15.9 Å². The topological polar surface area (TPSA) is 77.2 Å². The van der Waals surface area contributed by atoms with Crippen LogP contribution in [0.3, 0.4) is 0 Å². The van der Waals surface area contributed by atoms with Crippen LogP contribution < -0.4 is 10.1 Å². The number of furan rings is 1. The van der Waals surface area contributed by atoms with E-state index in [4.69, 9.17) is 9.15 Å². The van der Waals surface area contributed by atoms with Crippen molar-refractivity contribution in [1.29, 1.82) is 0 Å². The van der Waals surface area contributed by atoms with Crippen LogP contribution in [0.5, 0.6) is 11.6 Å². The fraction of sp³-hybridized carbons (Fsp3) is 0. The minimum absolute atomic E-state index is 0.267. The zero-order chi connectivity index (χ0) is 17.8. The molecule has 0 bridgehead atoms. The van der Waals surface area contributed by atoms with Crippen LogP contribution in [-0.2, 0) is 0 Å². The summed E-state index contributed by atoms with van der Waals surface area (Å²) in [6, 6.07) is 15.9. The SMILES string of the molecule is O=C(Nc1nc(-c2ccco2)cs1)c1cccc(Oc2ccccn2)c1. The number of thiazole rings is 1. The van der Waals surface area contributed by atoms with E-state index in [0.717, 1.165) is 0 Å². The average Bonchev–Trinajstić information content (AvgIpc) is 3.34. The van der Waals surface area contributed by atoms with Gasteiger partial charge in [0.2, 0.25) is 5.88 Å². The molecule has 0 saturated heterocycles. The van der Waals surface area contributed by atoms with Gasteiger partial charge in [-0.05, 0) is 36.4 Å². The van der Waals surface area contributed by atoms with E-state index in [1.807, 2.05) is 23.6 Å². The molecule has 0 radical (unpaired) electrons. The number of ether oxygens (including phenoxy) is 1. The second-order valence-electron chi connectivity index (χ2n) is 5.27. The number of amides is 1. The normalized spacial score (nSPS) is 10.5. The molecule has 6 nitrogen and oxygen atoms in total. The number of benzene rings is 1. The third-order valence-electron chi connectivity index (χ3n) is 3.45. The lowest BCUT2D eigenvalue weighted by atomic mass is 10.2. The second-order valence-corrected chi connectivity index (χ2v) is 6.13. The van der Waals surface area contributed by atoms with E-state index in [2.05, 4.69) is 15.3 Å². The van der Waals surface area contributed by atoms with E-state index >= 15 is 0 Å². The number of hydrogen-bond donors (Lipinski definition) is 1. The van der Waals surface area contributed by atoms with Gasteiger partial charge < -0.3 is 9.15 Å². The molecule has 0 unspecified atom stereocenters. The van der Waals surface area contributed by atoms with Gasteiger partial charge in [0.1, 0.15) is 11.4 Å². The predicted molar refractivity (Wildman–Crippen MR) is 98.5 cm³/mol. The maximum Gasteiger partial charge on any atom is 0.257 e. The summed E-state index contributed by atoms with van der Waals surface area (Å²) < 4.78 is 11.0. The molecule has 4 rings (SSSR count). The van der Waals surface area contributed by atoms with Gasteiger partial charge in [-0.3, -0.25) is 10.1 Å². The van der Waals surface area contributed by atoms with Crippen LogP contribution in [0, 0.1) is 0 Å². The van der Waals surface area contributed by atoms with Gasteiger partial charge in [0.15, 0.2) is 10.9 Å². The van der Waals surface area contributed by atoms with Crippen molar-refractivity contribution < 1.29 is 13.9 Å². The highest BCUT2D eigenvalue weighted by molar-refractivity contribution is 7.14. The Hall–Kier alpha value is -3.45. The first-order chi connectivity index (χ1) is 12.8. The fourth-order valence-corrected chi connectivity index (χ4v) is 2.96. The number of pyridine rings is 1. The molecule has 26 heavy (non-hydrogen) atoms. The minimum Gasteiger partial charge on any atom is -0.463 e. The van der Waals surface area contributed by atoms with E-state index < -0.39 is 0 Å². The van der Waals surface area contributed by atoms with Crippen LogP contribution in [0.15, 0.2) is 76.9 Å². The van der Waals surface area contributed by atoms with E-state index in [1.54, 1.807) is 48.9 Å². The van der Waals surface area contributed by atoms with Gasteiger partial charge in [-0.15, -0.1) is 11.3 Å². The molecule has 7 heteroatoms. The Labute approximate surface area is 153 Å². The number of anilines is 1. The summed E-state index contributed by atoms with van der Waals surface area (Å²) in [5, 5.41) is 5.11. The Morgan fingerprint density at radius 3 is 2.88 bits per heavy atom. The Kier molecular flexibility index (Phi) is 4.44. The Morgan fingerprint density at radius 2 is 2.08 bits per heavy atom. The predicted octanol–water partition coefficient (Wildman–Crippen LogP) is 4.84. The van der Waals surface area contributed by atoms with Crippen molar-refractivity contribution in [1.82, 2.24) is 9.97 Å². The summed E-state index contributed by atoms with van der Waals surface area (Å²) in [6.45, 7) is 0. The molecule has 1 N–H and O–H groups in total. The number of nitrogens with zero attached hydrogens (tertiary/aromatic N) is 2. The monoisotopic (exact) mass is 363 g/mol. The molecule has 0 aliphatic rings. The van der Waals surface area contributed by atoms with Gasteiger partial charge in [0.05, 0.1) is 6.26 Å². The van der Waals surface area contributed by atoms with Crippen molar-refractivity contribution in [2.24, 2.45) is 0 Å². The molecule has 1 aromatic carbocycles. The van der Waals surface area contributed by atoms with E-state index in [0.29, 0.717) is 33.8 Å². The Morgan fingerprint density at radius 1 is 1.12 bits per heavy atom. The largest absolute Gasteiger partial charge is 0.463 e. The summed E-state index contributed by atoms with van der Waals surface area (Å²) in [5.74, 6) is 1.39. The van der Waals surface area contributed by atoms with Gasteiger partial charge in [0.25, 0.3) is 5.91 Å². The van der Waals surface area contributed by atoms with Gasteiger partial charge in [-0.1, -0.05) is 12.1 Å². The second kappa shape index (κ2) is 7.20. The quantitative estimate of drug-likeness (QED) is 0.549. The third-order valence-corrected chi connectivity index (χ3v) is 4.21. The Balaban J connectivity index is 1.47. The average molecular weight is 363 g/mol. The molecular weight excluding hydrogens is 350 g/mol. The van der Waals surface area contributed by atoms with Crippen LogP contribution >= 0.6 is 11.3 Å². The maximum absolute atomic E-state index is 12.5. The molecule has 0 atom stereocenters. The molecule has 0 aliphatic carbocycles. The van der Waals surface area contributed by atoms with E-state index in [-0.39, 0.29) is 5.91 Å². The van der Waals surface area contributed by atoms with E-state index in [1.165, 1.54) is 11.3 Å². The zero-order valence-corrected chi connectivity index (χ0v) is 14.3. The van der Waals surface area contributed by atoms with Crippen molar-refractivity contribution in [3.63, 3.8) is 0 Å². The fourth-order valence-electron chi connectivity index (χ4n) is 2.27. The Bertz CT molecular complexity index is 1010. The third kappa shape index (κ3) is 3.62. The lowest BCUT2D eigenvalue weighted by Crippen LogP contribution is -2.11. The van der Waals surface area contributed by atoms with Gasteiger partial charge in [0, 0.05) is 23.2 Å². The highest BCUT2D eigenvalue weighted by atomic mass is 32.1. The number of carbonyl (C=O) groups excluding carboxylic acids is 1. The van der Waals surface area contributed by atoms with Crippen molar-refractivity contribution in [2.75, 3.05) is 5.32 Å². The first-order valence-electron chi connectivity index (χ1n) is 7.78. The molecule has 3 aromatic heterocycles. The standard InChI is InChI=1S/C19H13N3O3S/c23-18(22-19-21-15(12-26-19)16-7-4-10-24-16)13-5-3-6-14(11-13)25-17-8-1-2-9-20-17/h1-12H,(H,21,22,23). The minimum atomic E-state index is -0.267. The van der Waals surface area contributed by atoms with Crippen molar-refractivity contribution in [3.8, 4) is 23.1 Å². The molecular formula is C19H13N3O3S. The molecule has 0 fully saturated rings. The number of nitrogens with one attached hydrogen (secondary N) is 1. The lowest BCUT2D eigenvalue weighted by molar-refractivity contribution is 0.102. The summed E-state index contributed by atoms with van der Waals surface area (Å²) in [7, 11) is 0. The zero-order valence-electron chi connectivity index (χ0n) is 13.5. The number of carbonyl (C=O) groups is 1. The van der Waals surface area contributed by atoms with Crippen LogP contribution in [0.25, 0.3) is 11.5 Å². The highest BCUT2D eigenvalue weighted by Crippen LogP contribution is 2.26. The van der Waals surface area contributed by atoms with Crippen LogP contribution in [0.2, 0.25) is 0 Å². The van der Waals surface area contributed by atoms with E-state index in [9.17, 15) is 4.79 Å². The molecule has 0 saturated carbocycles. The highest BCUT2D eigenvalue weighted by Gasteiger charge is 2.12. The molecule has 128 valence electrons. The summed E-state index contributed by atoms with van der Waals surface area (Å²) in [5.41, 5.74) is 1.15. The first kappa shape index (κ1) is 16.0. The summed E-state index contributed by atoms with van der Waals surface area (Å²) >= 11 is 1.33. The van der Waals surface area contributed by atoms with Crippen molar-refractivity contribution in [2.45, 2.75) is 0 Å². The number of hydrogen-bond acceptors (Lipinski definition) is 6. The molecule has 0 spiro atoms. The van der Waals surface area contributed by atoms with Crippen molar-refractivity contribution >= 4 is 22.4 Å². The summed E-state index contributed by atoms with van der Waals surface area (Å²) in [4.78, 5) is 20.9. The number of aromatic nitrogens is 2. The van der Waals surface area contributed by atoms with Crippen LogP contribution in [0.1, 0.15) is 10.4 Å². The first-order valence-corrected chi connectivity index (χ1v) is 8.65. The van der Waals surface area contributed by atoms with Crippen molar-refractivity contribution in [3.05, 3.63) is 78.0 Å². The molecule has 1 amide bonds. The van der Waals surface area contributed by atoms with Gasteiger partial charge in [-0.2, -0.15) is 0 Å². The maximum atomic E-state index is 12.5. The van der Waals surface area contributed by atoms with Gasteiger partial charge in [-0.25, -0.2) is 9.97 Å². The van der Waals surface area contributed by atoms with Gasteiger partial charge >= 0.3 is 0 Å².